The van der Waals surface area contributed by atoms with Crippen molar-refractivity contribution in [1.29, 1.82) is 5.26 Å². The lowest BCUT2D eigenvalue weighted by atomic mass is 10.0. The Kier molecular flexibility index (Phi) is 7.21. The number of hydrogen-bond donors (Lipinski definition) is 3. The van der Waals surface area contributed by atoms with Crippen LogP contribution >= 0.6 is 0 Å². The van der Waals surface area contributed by atoms with E-state index in [1.807, 2.05) is 0 Å². The minimum Gasteiger partial charge on any atom is -0.508 e. The fourth-order valence-electron chi connectivity index (χ4n) is 2.59. The van der Waals surface area contributed by atoms with Gasteiger partial charge in [-0.3, -0.25) is 4.79 Å². The van der Waals surface area contributed by atoms with Crippen LogP contribution < -0.4 is 10.6 Å². The molecule has 2 amide bonds. The van der Waals surface area contributed by atoms with Crippen LogP contribution in [0.5, 0.6) is 5.75 Å². The SMILES string of the molecule is CC(C)(C)OC(=O)NC(Cc1cccc(C#N)c1)C(=O)NCc1ccc(O)cc1. The van der Waals surface area contributed by atoms with Crippen LogP contribution in [0.3, 0.4) is 0 Å². The third kappa shape index (κ3) is 7.54. The van der Waals surface area contributed by atoms with Crippen molar-refractivity contribution in [3.8, 4) is 11.8 Å². The van der Waals surface area contributed by atoms with Crippen molar-refractivity contribution in [2.75, 3.05) is 0 Å². The average molecular weight is 395 g/mol. The van der Waals surface area contributed by atoms with Gasteiger partial charge in [0, 0.05) is 13.0 Å². The van der Waals surface area contributed by atoms with E-state index in [0.29, 0.717) is 5.56 Å². The molecule has 2 aromatic rings. The molecule has 2 aromatic carbocycles. The van der Waals surface area contributed by atoms with Gasteiger partial charge in [-0.15, -0.1) is 0 Å². The number of benzene rings is 2. The summed E-state index contributed by atoms with van der Waals surface area (Å²) in [5.41, 5.74) is 1.32. The van der Waals surface area contributed by atoms with Gasteiger partial charge in [0.1, 0.15) is 17.4 Å². The van der Waals surface area contributed by atoms with Crippen molar-refractivity contribution >= 4 is 12.0 Å². The molecule has 0 aromatic heterocycles. The number of nitrogens with zero attached hydrogens (tertiary/aromatic N) is 1. The molecule has 152 valence electrons. The van der Waals surface area contributed by atoms with Crippen molar-refractivity contribution in [3.05, 3.63) is 65.2 Å². The Morgan fingerprint density at radius 1 is 1.14 bits per heavy atom. The highest BCUT2D eigenvalue weighted by Crippen LogP contribution is 2.12. The molecule has 0 saturated heterocycles. The van der Waals surface area contributed by atoms with Crippen molar-refractivity contribution in [1.82, 2.24) is 10.6 Å². The summed E-state index contributed by atoms with van der Waals surface area (Å²) in [5.74, 6) is -0.242. The van der Waals surface area contributed by atoms with Crippen LogP contribution in [0, 0.1) is 11.3 Å². The molecule has 0 heterocycles. The quantitative estimate of drug-likeness (QED) is 0.696. The van der Waals surface area contributed by atoms with Gasteiger partial charge < -0.3 is 20.5 Å². The maximum atomic E-state index is 12.7. The van der Waals surface area contributed by atoms with Gasteiger partial charge in [-0.1, -0.05) is 24.3 Å². The number of carbonyl (C=O) groups is 2. The van der Waals surface area contributed by atoms with Crippen LogP contribution in [-0.4, -0.2) is 28.7 Å². The van der Waals surface area contributed by atoms with E-state index in [-0.39, 0.29) is 24.6 Å². The lowest BCUT2D eigenvalue weighted by Crippen LogP contribution is -2.49. The van der Waals surface area contributed by atoms with Crippen LogP contribution in [0.15, 0.2) is 48.5 Å². The lowest BCUT2D eigenvalue weighted by Gasteiger charge is -2.23. The first-order valence-electron chi connectivity index (χ1n) is 9.20. The maximum absolute atomic E-state index is 12.7. The van der Waals surface area contributed by atoms with E-state index in [0.717, 1.165) is 11.1 Å². The largest absolute Gasteiger partial charge is 0.508 e. The molecule has 7 nitrogen and oxygen atoms in total. The van der Waals surface area contributed by atoms with Crippen LogP contribution in [0.4, 0.5) is 4.79 Å². The predicted octanol–water partition coefficient (Wildman–Crippen LogP) is 3.02. The maximum Gasteiger partial charge on any atom is 0.408 e. The average Bonchev–Trinajstić information content (AvgIpc) is 2.65. The molecular formula is C22H25N3O4. The monoisotopic (exact) mass is 395 g/mol. The number of ether oxygens (including phenoxy) is 1. The smallest absolute Gasteiger partial charge is 0.408 e. The molecule has 0 spiro atoms. The zero-order chi connectivity index (χ0) is 21.4. The molecule has 1 atom stereocenters. The topological polar surface area (TPSA) is 111 Å². The number of phenolic OH excluding ortho intramolecular Hbond substituents is 1. The third-order valence-electron chi connectivity index (χ3n) is 3.91. The molecule has 2 rings (SSSR count). The van der Waals surface area contributed by atoms with Crippen molar-refractivity contribution < 1.29 is 19.4 Å². The number of alkyl carbamates (subject to hydrolysis) is 1. The Balaban J connectivity index is 2.11. The van der Waals surface area contributed by atoms with Gasteiger partial charge >= 0.3 is 6.09 Å². The molecule has 0 aliphatic carbocycles. The number of hydrogen-bond acceptors (Lipinski definition) is 5. The molecule has 0 bridgehead atoms. The predicted molar refractivity (Wildman–Crippen MR) is 108 cm³/mol. The summed E-state index contributed by atoms with van der Waals surface area (Å²) >= 11 is 0. The first-order valence-corrected chi connectivity index (χ1v) is 9.20. The second-order valence-electron chi connectivity index (χ2n) is 7.60. The highest BCUT2D eigenvalue weighted by atomic mass is 16.6. The highest BCUT2D eigenvalue weighted by Gasteiger charge is 2.24. The number of nitriles is 1. The summed E-state index contributed by atoms with van der Waals surface area (Å²) in [6, 6.07) is 14.5. The first-order chi connectivity index (χ1) is 13.7. The minimum absolute atomic E-state index is 0.141. The fourth-order valence-corrected chi connectivity index (χ4v) is 2.59. The zero-order valence-electron chi connectivity index (χ0n) is 16.7. The molecule has 0 radical (unpaired) electrons. The number of amides is 2. The minimum atomic E-state index is -0.879. The molecule has 7 heteroatoms. The van der Waals surface area contributed by atoms with Crippen LogP contribution in [0.2, 0.25) is 0 Å². The highest BCUT2D eigenvalue weighted by molar-refractivity contribution is 5.86. The number of carbonyl (C=O) groups excluding carboxylic acids is 2. The van der Waals surface area contributed by atoms with E-state index in [9.17, 15) is 14.7 Å². The zero-order valence-corrected chi connectivity index (χ0v) is 16.7. The van der Waals surface area contributed by atoms with Crippen molar-refractivity contribution in [3.63, 3.8) is 0 Å². The summed E-state index contributed by atoms with van der Waals surface area (Å²) in [6.07, 6.45) is -0.491. The second-order valence-corrected chi connectivity index (χ2v) is 7.60. The standard InChI is InChI=1S/C22H25N3O4/c1-22(2,3)29-21(28)25-19(12-16-5-4-6-17(11-16)13-23)20(27)24-14-15-7-9-18(26)10-8-15/h4-11,19,26H,12,14H2,1-3H3,(H,24,27)(H,25,28). The van der Waals surface area contributed by atoms with Crippen LogP contribution in [0.25, 0.3) is 0 Å². The summed E-state index contributed by atoms with van der Waals surface area (Å²) in [6.45, 7) is 5.46. The van der Waals surface area contributed by atoms with E-state index < -0.39 is 17.7 Å². The summed E-state index contributed by atoms with van der Waals surface area (Å²) in [7, 11) is 0. The number of nitrogens with one attached hydrogen (secondary N) is 2. The lowest BCUT2D eigenvalue weighted by molar-refractivity contribution is -0.123. The number of rotatable bonds is 6. The molecular weight excluding hydrogens is 370 g/mol. The molecule has 0 fully saturated rings. The molecule has 1 unspecified atom stereocenters. The summed E-state index contributed by atoms with van der Waals surface area (Å²) < 4.78 is 5.27. The first kappa shape index (κ1) is 21.8. The summed E-state index contributed by atoms with van der Waals surface area (Å²) in [4.78, 5) is 25.0. The molecule has 0 aliphatic heterocycles. The van der Waals surface area contributed by atoms with Gasteiger partial charge in [0.25, 0.3) is 0 Å². The summed E-state index contributed by atoms with van der Waals surface area (Å²) in [5, 5.41) is 23.8. The van der Waals surface area contributed by atoms with Gasteiger partial charge in [-0.25, -0.2) is 4.79 Å². The van der Waals surface area contributed by atoms with E-state index in [4.69, 9.17) is 10.00 Å². The molecule has 0 saturated carbocycles. The molecule has 29 heavy (non-hydrogen) atoms. The van der Waals surface area contributed by atoms with Gasteiger partial charge in [0.15, 0.2) is 0 Å². The van der Waals surface area contributed by atoms with E-state index >= 15 is 0 Å². The molecule has 3 N–H and O–H groups in total. The Labute approximate surface area is 170 Å². The van der Waals surface area contributed by atoms with Crippen LogP contribution in [0.1, 0.15) is 37.5 Å². The second kappa shape index (κ2) is 9.60. The third-order valence-corrected chi connectivity index (χ3v) is 3.91. The van der Waals surface area contributed by atoms with Gasteiger partial charge in [0.2, 0.25) is 5.91 Å². The van der Waals surface area contributed by atoms with Crippen LogP contribution in [-0.2, 0) is 22.5 Å². The normalized spacial score (nSPS) is 11.8. The molecule has 0 aliphatic rings. The Morgan fingerprint density at radius 2 is 1.83 bits per heavy atom. The van der Waals surface area contributed by atoms with Gasteiger partial charge in [0.05, 0.1) is 11.6 Å². The van der Waals surface area contributed by atoms with Crippen molar-refractivity contribution in [2.24, 2.45) is 0 Å². The number of aromatic hydroxyl groups is 1. The van der Waals surface area contributed by atoms with E-state index in [1.54, 1.807) is 57.2 Å². The van der Waals surface area contributed by atoms with E-state index in [1.165, 1.54) is 12.1 Å². The Morgan fingerprint density at radius 3 is 2.45 bits per heavy atom. The van der Waals surface area contributed by atoms with E-state index in [2.05, 4.69) is 16.7 Å². The van der Waals surface area contributed by atoms with Crippen molar-refractivity contribution in [2.45, 2.75) is 45.4 Å². The Bertz CT molecular complexity index is 896. The van der Waals surface area contributed by atoms with Gasteiger partial charge in [-0.05, 0) is 56.2 Å². The Hall–Kier alpha value is -3.53. The number of phenols is 1. The van der Waals surface area contributed by atoms with Gasteiger partial charge in [-0.2, -0.15) is 5.26 Å². The fraction of sp³-hybridized carbons (Fsp3) is 0.318.